The average molecular weight is 419 g/mol. The predicted molar refractivity (Wildman–Crippen MR) is 112 cm³/mol. The normalized spacial score (nSPS) is 16.8. The van der Waals surface area contributed by atoms with Gasteiger partial charge in [-0.05, 0) is 61.0 Å². The summed E-state index contributed by atoms with van der Waals surface area (Å²) in [6, 6.07) is 7.69. The van der Waals surface area contributed by atoms with E-state index < -0.39 is 0 Å². The Morgan fingerprint density at radius 2 is 2.03 bits per heavy atom. The number of thiophene rings is 1. The van der Waals surface area contributed by atoms with Gasteiger partial charge in [0.15, 0.2) is 0 Å². The SMILES string of the molecule is CCC(C)N(CC(=O)N1CCc2sccc2C1COc1ccc(F)cc1)C(C)=O. The lowest BCUT2D eigenvalue weighted by molar-refractivity contribution is -0.143. The quantitative estimate of drug-likeness (QED) is 0.682. The highest BCUT2D eigenvalue weighted by Gasteiger charge is 2.33. The molecule has 1 aliphatic rings. The lowest BCUT2D eigenvalue weighted by Gasteiger charge is -2.37. The van der Waals surface area contributed by atoms with E-state index in [2.05, 4.69) is 0 Å². The first-order chi connectivity index (χ1) is 13.9. The van der Waals surface area contributed by atoms with Crippen molar-refractivity contribution in [2.45, 2.75) is 45.7 Å². The zero-order chi connectivity index (χ0) is 21.0. The fourth-order valence-electron chi connectivity index (χ4n) is 3.62. The number of halogens is 1. The molecular formula is C22H27FN2O3S. The summed E-state index contributed by atoms with van der Waals surface area (Å²) >= 11 is 1.69. The van der Waals surface area contributed by atoms with Crippen molar-refractivity contribution in [2.24, 2.45) is 0 Å². The van der Waals surface area contributed by atoms with Crippen molar-refractivity contribution < 1.29 is 18.7 Å². The second-order valence-electron chi connectivity index (χ2n) is 7.32. The van der Waals surface area contributed by atoms with Crippen LogP contribution in [0.4, 0.5) is 4.39 Å². The number of hydrogen-bond donors (Lipinski definition) is 0. The summed E-state index contributed by atoms with van der Waals surface area (Å²) in [4.78, 5) is 29.9. The van der Waals surface area contributed by atoms with Gasteiger partial charge < -0.3 is 14.5 Å². The number of benzene rings is 1. The van der Waals surface area contributed by atoms with Crippen molar-refractivity contribution in [2.75, 3.05) is 19.7 Å². The molecule has 1 aliphatic heterocycles. The maximum Gasteiger partial charge on any atom is 0.242 e. The van der Waals surface area contributed by atoms with Crippen LogP contribution in [-0.2, 0) is 16.0 Å². The van der Waals surface area contributed by atoms with E-state index in [1.165, 1.54) is 23.9 Å². The van der Waals surface area contributed by atoms with Gasteiger partial charge in [0.05, 0.1) is 12.6 Å². The first-order valence-electron chi connectivity index (χ1n) is 9.92. The number of amides is 2. The maximum absolute atomic E-state index is 13.2. The van der Waals surface area contributed by atoms with Crippen LogP contribution in [0.15, 0.2) is 35.7 Å². The van der Waals surface area contributed by atoms with Gasteiger partial charge in [-0.2, -0.15) is 0 Å². The van der Waals surface area contributed by atoms with Crippen molar-refractivity contribution >= 4 is 23.2 Å². The van der Waals surface area contributed by atoms with Crippen molar-refractivity contribution in [3.05, 3.63) is 52.0 Å². The molecule has 1 aromatic heterocycles. The Hall–Kier alpha value is -2.41. The van der Waals surface area contributed by atoms with Crippen LogP contribution in [0.25, 0.3) is 0 Å². The van der Waals surface area contributed by atoms with Crippen LogP contribution in [0, 0.1) is 5.82 Å². The number of nitrogens with zero attached hydrogens (tertiary/aromatic N) is 2. The average Bonchev–Trinajstić information content (AvgIpc) is 3.19. The topological polar surface area (TPSA) is 49.9 Å². The third kappa shape index (κ3) is 4.96. The van der Waals surface area contributed by atoms with Gasteiger partial charge in [0.25, 0.3) is 0 Å². The number of fused-ring (bicyclic) bond motifs is 1. The molecule has 0 N–H and O–H groups in total. The van der Waals surface area contributed by atoms with Crippen molar-refractivity contribution in [1.82, 2.24) is 9.80 Å². The molecule has 0 spiro atoms. The Bertz CT molecular complexity index is 852. The fraction of sp³-hybridized carbons (Fsp3) is 0.455. The lowest BCUT2D eigenvalue weighted by atomic mass is 10.00. The molecule has 0 radical (unpaired) electrons. The standard InChI is InChI=1S/C22H27FN2O3S/c1-4-15(2)25(16(3)26)13-22(27)24-11-9-21-19(10-12-29-21)20(24)14-28-18-7-5-17(23)6-8-18/h5-8,10,12,15,20H,4,9,11,13-14H2,1-3H3. The smallest absolute Gasteiger partial charge is 0.242 e. The zero-order valence-electron chi connectivity index (χ0n) is 17.1. The van der Waals surface area contributed by atoms with E-state index in [1.54, 1.807) is 28.4 Å². The van der Waals surface area contributed by atoms with E-state index in [4.69, 9.17) is 4.74 Å². The minimum atomic E-state index is -0.318. The Balaban J connectivity index is 1.77. The highest BCUT2D eigenvalue weighted by molar-refractivity contribution is 7.10. The summed E-state index contributed by atoms with van der Waals surface area (Å²) in [6.07, 6.45) is 1.59. The van der Waals surface area contributed by atoms with Crippen LogP contribution in [0.3, 0.4) is 0 Å². The van der Waals surface area contributed by atoms with Gasteiger partial charge in [-0.1, -0.05) is 6.92 Å². The molecule has 2 amide bonds. The minimum absolute atomic E-state index is 0.00636. The van der Waals surface area contributed by atoms with E-state index in [0.29, 0.717) is 12.3 Å². The van der Waals surface area contributed by atoms with Crippen LogP contribution in [0.1, 0.15) is 43.7 Å². The predicted octanol–water partition coefficient (Wildman–Crippen LogP) is 4.04. The molecule has 29 heavy (non-hydrogen) atoms. The number of rotatable bonds is 7. The molecule has 3 rings (SSSR count). The van der Waals surface area contributed by atoms with Crippen LogP contribution in [0.2, 0.25) is 0 Å². The fourth-order valence-corrected chi connectivity index (χ4v) is 4.54. The summed E-state index contributed by atoms with van der Waals surface area (Å²) < 4.78 is 19.0. The van der Waals surface area contributed by atoms with Crippen LogP contribution >= 0.6 is 11.3 Å². The van der Waals surface area contributed by atoms with Crippen LogP contribution in [0.5, 0.6) is 5.75 Å². The molecular weight excluding hydrogens is 391 g/mol. The van der Waals surface area contributed by atoms with E-state index in [0.717, 1.165) is 18.4 Å². The lowest BCUT2D eigenvalue weighted by Crippen LogP contribution is -2.49. The summed E-state index contributed by atoms with van der Waals surface area (Å²) in [7, 11) is 0. The zero-order valence-corrected chi connectivity index (χ0v) is 17.9. The molecule has 2 aromatic rings. The Kier molecular flexibility index (Phi) is 6.90. The molecule has 0 aliphatic carbocycles. The van der Waals surface area contributed by atoms with Gasteiger partial charge in [0.2, 0.25) is 11.8 Å². The van der Waals surface area contributed by atoms with E-state index >= 15 is 0 Å². The summed E-state index contributed by atoms with van der Waals surface area (Å²) in [5, 5.41) is 2.03. The third-order valence-electron chi connectivity index (χ3n) is 5.47. The van der Waals surface area contributed by atoms with Gasteiger partial charge in [0, 0.05) is 24.4 Å². The van der Waals surface area contributed by atoms with Crippen LogP contribution in [-0.4, -0.2) is 47.4 Å². The first kappa shape index (κ1) is 21.3. The minimum Gasteiger partial charge on any atom is -0.491 e. The Morgan fingerprint density at radius 1 is 1.31 bits per heavy atom. The van der Waals surface area contributed by atoms with Gasteiger partial charge in [-0.3, -0.25) is 9.59 Å². The Morgan fingerprint density at radius 3 is 2.69 bits per heavy atom. The molecule has 0 saturated carbocycles. The van der Waals surface area contributed by atoms with Gasteiger partial charge in [-0.25, -0.2) is 4.39 Å². The highest BCUT2D eigenvalue weighted by atomic mass is 32.1. The molecule has 156 valence electrons. The molecule has 7 heteroatoms. The molecule has 2 unspecified atom stereocenters. The summed E-state index contributed by atoms with van der Waals surface area (Å²) in [6.45, 7) is 6.40. The second-order valence-corrected chi connectivity index (χ2v) is 8.32. The summed E-state index contributed by atoms with van der Waals surface area (Å²) in [5.74, 6) is 0.0672. The Labute approximate surface area is 175 Å². The molecule has 0 saturated heterocycles. The van der Waals surface area contributed by atoms with Crippen molar-refractivity contribution in [3.63, 3.8) is 0 Å². The molecule has 2 heterocycles. The molecule has 0 bridgehead atoms. The van der Waals surface area contributed by atoms with Gasteiger partial charge >= 0.3 is 0 Å². The van der Waals surface area contributed by atoms with Crippen molar-refractivity contribution in [3.8, 4) is 5.75 Å². The van der Waals surface area contributed by atoms with Gasteiger partial charge in [-0.15, -0.1) is 11.3 Å². The summed E-state index contributed by atoms with van der Waals surface area (Å²) in [5.41, 5.74) is 1.09. The monoisotopic (exact) mass is 418 g/mol. The second kappa shape index (κ2) is 9.39. The van der Waals surface area contributed by atoms with E-state index in [9.17, 15) is 14.0 Å². The number of ether oxygens (including phenoxy) is 1. The molecule has 0 fully saturated rings. The number of hydrogen-bond acceptors (Lipinski definition) is 4. The number of carbonyl (C=O) groups is 2. The largest absolute Gasteiger partial charge is 0.491 e. The highest BCUT2D eigenvalue weighted by Crippen LogP contribution is 2.34. The maximum atomic E-state index is 13.2. The van der Waals surface area contributed by atoms with E-state index in [-0.39, 0.29) is 42.9 Å². The third-order valence-corrected chi connectivity index (χ3v) is 6.47. The van der Waals surface area contributed by atoms with Gasteiger partial charge in [0.1, 0.15) is 18.2 Å². The molecule has 5 nitrogen and oxygen atoms in total. The van der Waals surface area contributed by atoms with E-state index in [1.807, 2.05) is 30.2 Å². The van der Waals surface area contributed by atoms with Crippen LogP contribution < -0.4 is 4.74 Å². The first-order valence-corrected chi connectivity index (χ1v) is 10.8. The molecule has 2 atom stereocenters. The molecule has 1 aromatic carbocycles. The number of carbonyl (C=O) groups excluding carboxylic acids is 2. The van der Waals surface area contributed by atoms with Crippen molar-refractivity contribution in [1.29, 1.82) is 0 Å².